The summed E-state index contributed by atoms with van der Waals surface area (Å²) >= 11 is 0. The molecule has 0 bridgehead atoms. The van der Waals surface area contributed by atoms with Crippen LogP contribution in [-0.2, 0) is 4.79 Å². The molecule has 3 nitrogen and oxygen atoms in total. The number of nitrogens with one attached hydrogen (secondary N) is 1. The molecule has 0 radical (unpaired) electrons. The maximum Gasteiger partial charge on any atom is 0.157 e. The fourth-order valence-electron chi connectivity index (χ4n) is 1.75. The number of anilines is 1. The largest absolute Gasteiger partial charge is 0.358 e. The summed E-state index contributed by atoms with van der Waals surface area (Å²) in [6.45, 7) is 0. The number of benzene rings is 1. The fraction of sp³-hybridized carbons (Fsp3) is 0.231. The molecule has 0 heterocycles. The van der Waals surface area contributed by atoms with Crippen LogP contribution in [0, 0.1) is 11.3 Å². The molecule has 1 aliphatic carbocycles. The Bertz CT molecular complexity index is 488. The number of carbonyl (C=O) groups excluding carboxylic acids is 1. The van der Waals surface area contributed by atoms with Gasteiger partial charge in [-0.15, -0.1) is 12.4 Å². The van der Waals surface area contributed by atoms with Gasteiger partial charge in [0.15, 0.2) is 5.78 Å². The smallest absolute Gasteiger partial charge is 0.157 e. The molecular formula is C13H13ClN2O. The molecule has 17 heavy (non-hydrogen) atoms. The predicted molar refractivity (Wildman–Crippen MR) is 69.0 cm³/mol. The summed E-state index contributed by atoms with van der Waals surface area (Å²) in [4.78, 5) is 11.2. The van der Waals surface area contributed by atoms with Crippen LogP contribution in [0.3, 0.4) is 0 Å². The van der Waals surface area contributed by atoms with Crippen LogP contribution in [-0.4, -0.2) is 5.78 Å². The van der Waals surface area contributed by atoms with E-state index in [1.807, 2.05) is 18.2 Å². The lowest BCUT2D eigenvalue weighted by atomic mass is 10.0. The second-order valence-corrected chi connectivity index (χ2v) is 3.77. The Morgan fingerprint density at radius 3 is 2.71 bits per heavy atom. The second kappa shape index (κ2) is 6.07. The molecule has 2 rings (SSSR count). The van der Waals surface area contributed by atoms with Crippen LogP contribution in [0.15, 0.2) is 36.0 Å². The molecule has 0 spiro atoms. The van der Waals surface area contributed by atoms with Gasteiger partial charge in [0.05, 0.1) is 11.3 Å². The Labute approximate surface area is 107 Å². The summed E-state index contributed by atoms with van der Waals surface area (Å²) in [7, 11) is 0. The highest BCUT2D eigenvalue weighted by Crippen LogP contribution is 2.21. The highest BCUT2D eigenvalue weighted by atomic mass is 35.5. The van der Waals surface area contributed by atoms with Crippen LogP contribution in [0.2, 0.25) is 0 Å². The van der Waals surface area contributed by atoms with E-state index in [0.29, 0.717) is 12.0 Å². The van der Waals surface area contributed by atoms with Crippen molar-refractivity contribution < 1.29 is 4.79 Å². The maximum atomic E-state index is 11.2. The zero-order valence-electron chi connectivity index (χ0n) is 9.27. The Morgan fingerprint density at radius 1 is 1.24 bits per heavy atom. The van der Waals surface area contributed by atoms with Crippen molar-refractivity contribution in [2.75, 3.05) is 5.32 Å². The third kappa shape index (κ3) is 3.33. The van der Waals surface area contributed by atoms with Crippen molar-refractivity contribution in [3.63, 3.8) is 0 Å². The first-order chi connectivity index (χ1) is 7.79. The van der Waals surface area contributed by atoms with Gasteiger partial charge in [-0.2, -0.15) is 5.26 Å². The Hall–Kier alpha value is -1.79. The Morgan fingerprint density at radius 2 is 2.00 bits per heavy atom. The first-order valence-electron chi connectivity index (χ1n) is 5.29. The second-order valence-electron chi connectivity index (χ2n) is 3.77. The lowest BCUT2D eigenvalue weighted by molar-refractivity contribution is -0.115. The fourth-order valence-corrected chi connectivity index (χ4v) is 1.75. The number of ketones is 1. The van der Waals surface area contributed by atoms with E-state index in [9.17, 15) is 4.79 Å². The van der Waals surface area contributed by atoms with Crippen molar-refractivity contribution in [2.45, 2.75) is 19.3 Å². The third-order valence-electron chi connectivity index (χ3n) is 2.55. The number of nitrogens with zero attached hydrogens (tertiary/aromatic N) is 1. The van der Waals surface area contributed by atoms with Crippen molar-refractivity contribution in [3.05, 3.63) is 41.6 Å². The normalized spacial score (nSPS) is 14.3. The highest BCUT2D eigenvalue weighted by molar-refractivity contribution is 5.91. The zero-order chi connectivity index (χ0) is 11.4. The lowest BCUT2D eigenvalue weighted by Gasteiger charge is -2.15. The van der Waals surface area contributed by atoms with Gasteiger partial charge in [0.25, 0.3) is 0 Å². The third-order valence-corrected chi connectivity index (χ3v) is 2.55. The predicted octanol–water partition coefficient (Wildman–Crippen LogP) is 3.03. The van der Waals surface area contributed by atoms with Crippen LogP contribution in [0.1, 0.15) is 24.8 Å². The molecule has 88 valence electrons. The van der Waals surface area contributed by atoms with Gasteiger partial charge in [-0.3, -0.25) is 4.79 Å². The Kier molecular flexibility index (Phi) is 4.74. The SMILES string of the molecule is Cl.N#Cc1ccccc1NC1=CC(=O)CCC1. The van der Waals surface area contributed by atoms with Crippen LogP contribution >= 0.6 is 12.4 Å². The van der Waals surface area contributed by atoms with Gasteiger partial charge in [0.2, 0.25) is 0 Å². The van der Waals surface area contributed by atoms with E-state index in [4.69, 9.17) is 5.26 Å². The molecule has 1 N–H and O–H groups in total. The number of allylic oxidation sites excluding steroid dienone is 2. The van der Waals surface area contributed by atoms with E-state index in [-0.39, 0.29) is 18.2 Å². The van der Waals surface area contributed by atoms with Gasteiger partial charge in [0.1, 0.15) is 6.07 Å². The average molecular weight is 249 g/mol. The van der Waals surface area contributed by atoms with E-state index in [0.717, 1.165) is 24.2 Å². The van der Waals surface area contributed by atoms with Crippen molar-refractivity contribution in [3.8, 4) is 6.07 Å². The maximum absolute atomic E-state index is 11.2. The van der Waals surface area contributed by atoms with Gasteiger partial charge >= 0.3 is 0 Å². The summed E-state index contributed by atoms with van der Waals surface area (Å²) in [5, 5.41) is 12.1. The lowest BCUT2D eigenvalue weighted by Crippen LogP contribution is -2.09. The molecule has 0 atom stereocenters. The van der Waals surface area contributed by atoms with E-state index in [1.165, 1.54) is 0 Å². The van der Waals surface area contributed by atoms with Crippen molar-refractivity contribution in [1.29, 1.82) is 5.26 Å². The number of hydrogen-bond acceptors (Lipinski definition) is 3. The van der Waals surface area contributed by atoms with Gasteiger partial charge in [-0.1, -0.05) is 12.1 Å². The van der Waals surface area contributed by atoms with Crippen LogP contribution in [0.5, 0.6) is 0 Å². The number of rotatable bonds is 2. The molecule has 0 aromatic heterocycles. The van der Waals surface area contributed by atoms with Gasteiger partial charge in [-0.25, -0.2) is 0 Å². The van der Waals surface area contributed by atoms with Gasteiger partial charge < -0.3 is 5.32 Å². The highest BCUT2D eigenvalue weighted by Gasteiger charge is 2.10. The molecule has 1 aromatic carbocycles. The van der Waals surface area contributed by atoms with E-state index in [2.05, 4.69) is 11.4 Å². The zero-order valence-corrected chi connectivity index (χ0v) is 10.1. The van der Waals surface area contributed by atoms with Gasteiger partial charge in [-0.05, 0) is 25.0 Å². The van der Waals surface area contributed by atoms with Crippen LogP contribution < -0.4 is 5.32 Å². The summed E-state index contributed by atoms with van der Waals surface area (Å²) in [6, 6.07) is 9.42. The molecule has 0 fully saturated rings. The molecule has 0 aliphatic heterocycles. The number of halogens is 1. The Balaban J connectivity index is 0.00000144. The summed E-state index contributed by atoms with van der Waals surface area (Å²) in [5.74, 6) is 0.156. The molecular weight excluding hydrogens is 236 g/mol. The van der Waals surface area contributed by atoms with E-state index in [1.54, 1.807) is 12.1 Å². The molecule has 1 aliphatic rings. The summed E-state index contributed by atoms with van der Waals surface area (Å²) < 4.78 is 0. The van der Waals surface area contributed by atoms with Crippen molar-refractivity contribution in [2.24, 2.45) is 0 Å². The standard InChI is InChI=1S/C13H12N2O.ClH/c14-9-10-4-1-2-7-13(10)15-11-5-3-6-12(16)8-11;/h1-2,4,7-8,15H,3,5-6H2;1H. The minimum atomic E-state index is 0. The number of carbonyl (C=O) groups is 1. The average Bonchev–Trinajstić information content (AvgIpc) is 2.30. The monoisotopic (exact) mass is 248 g/mol. The molecule has 0 saturated heterocycles. The quantitative estimate of drug-likeness (QED) is 0.875. The molecule has 0 saturated carbocycles. The summed E-state index contributed by atoms with van der Waals surface area (Å²) in [6.07, 6.45) is 4.01. The van der Waals surface area contributed by atoms with Crippen molar-refractivity contribution >= 4 is 23.9 Å². The first-order valence-corrected chi connectivity index (χ1v) is 5.29. The molecule has 0 amide bonds. The van der Waals surface area contributed by atoms with E-state index >= 15 is 0 Å². The minimum absolute atomic E-state index is 0. The van der Waals surface area contributed by atoms with Crippen molar-refractivity contribution in [1.82, 2.24) is 0 Å². The molecule has 0 unspecified atom stereocenters. The number of para-hydroxylation sites is 1. The first kappa shape index (κ1) is 13.3. The summed E-state index contributed by atoms with van der Waals surface area (Å²) in [5.41, 5.74) is 2.27. The number of nitriles is 1. The van der Waals surface area contributed by atoms with E-state index < -0.39 is 0 Å². The van der Waals surface area contributed by atoms with Gasteiger partial charge in [0, 0.05) is 18.2 Å². The molecule has 4 heteroatoms. The number of hydrogen-bond donors (Lipinski definition) is 1. The minimum Gasteiger partial charge on any atom is -0.358 e. The van der Waals surface area contributed by atoms with Crippen LogP contribution in [0.4, 0.5) is 5.69 Å². The topological polar surface area (TPSA) is 52.9 Å². The van der Waals surface area contributed by atoms with Crippen LogP contribution in [0.25, 0.3) is 0 Å². The molecule has 1 aromatic rings.